The number of hydrogen-bond acceptors (Lipinski definition) is 7. The Balaban J connectivity index is 1.60. The van der Waals surface area contributed by atoms with Crippen LogP contribution in [0.2, 0.25) is 0 Å². The van der Waals surface area contributed by atoms with Gasteiger partial charge < -0.3 is 5.32 Å². The number of carbonyl (C=O) groups is 1. The maximum atomic E-state index is 13.3. The van der Waals surface area contributed by atoms with E-state index >= 15 is 0 Å². The number of sulfone groups is 1. The maximum Gasteiger partial charge on any atom is 0.230 e. The van der Waals surface area contributed by atoms with Crippen molar-refractivity contribution in [1.29, 1.82) is 0 Å². The average Bonchev–Trinajstić information content (AvgIpc) is 3.11. The number of carbonyl (C=O) groups excluding carboxylic acids is 1. The Kier molecular flexibility index (Phi) is 4.81. The van der Waals surface area contributed by atoms with E-state index in [4.69, 9.17) is 0 Å². The number of hydrogen-bond donors (Lipinski definition) is 1. The first-order valence-electron chi connectivity index (χ1n) is 7.10. The second kappa shape index (κ2) is 6.85. The van der Waals surface area contributed by atoms with E-state index < -0.39 is 15.7 Å². The molecule has 1 aromatic heterocycles. The number of amides is 1. The van der Waals surface area contributed by atoms with Gasteiger partial charge in [-0.3, -0.25) is 4.79 Å². The van der Waals surface area contributed by atoms with Crippen LogP contribution in [0, 0.1) is 5.82 Å². The Labute approximate surface area is 141 Å². The molecule has 128 valence electrons. The number of thioether (sulfide) groups is 1. The summed E-state index contributed by atoms with van der Waals surface area (Å²) in [5.41, 5.74) is 0.449. The van der Waals surface area contributed by atoms with Gasteiger partial charge in [0.2, 0.25) is 11.1 Å². The van der Waals surface area contributed by atoms with E-state index in [1.165, 1.54) is 22.9 Å². The minimum absolute atomic E-state index is 0.0234. The molecule has 1 atom stereocenters. The van der Waals surface area contributed by atoms with Crippen LogP contribution in [0.3, 0.4) is 0 Å². The second-order valence-electron chi connectivity index (χ2n) is 5.31. The van der Waals surface area contributed by atoms with E-state index in [-0.39, 0.29) is 29.2 Å². The monoisotopic (exact) mass is 371 g/mol. The molecule has 11 heteroatoms. The molecule has 8 nitrogen and oxygen atoms in total. The first kappa shape index (κ1) is 16.8. The van der Waals surface area contributed by atoms with Crippen LogP contribution in [0.5, 0.6) is 0 Å². The van der Waals surface area contributed by atoms with Gasteiger partial charge in [-0.05, 0) is 35.0 Å². The van der Waals surface area contributed by atoms with E-state index in [2.05, 4.69) is 20.8 Å². The number of aromatic nitrogens is 4. The van der Waals surface area contributed by atoms with Gasteiger partial charge >= 0.3 is 0 Å². The fourth-order valence-corrected chi connectivity index (χ4v) is 4.72. The predicted octanol–water partition coefficient (Wildman–Crippen LogP) is 0.197. The normalized spacial score (nSPS) is 19.3. The minimum atomic E-state index is -3.04. The average molecular weight is 371 g/mol. The molecule has 1 N–H and O–H groups in total. The largest absolute Gasteiger partial charge is 0.352 e. The summed E-state index contributed by atoms with van der Waals surface area (Å²) in [5.74, 6) is -0.602. The topological polar surface area (TPSA) is 107 Å². The predicted molar refractivity (Wildman–Crippen MR) is 85.0 cm³/mol. The van der Waals surface area contributed by atoms with Gasteiger partial charge in [-0.15, -0.1) is 5.10 Å². The Morgan fingerprint density at radius 2 is 2.29 bits per heavy atom. The molecule has 1 aliphatic rings. The van der Waals surface area contributed by atoms with Gasteiger partial charge in [-0.2, -0.15) is 4.68 Å². The highest BCUT2D eigenvalue weighted by molar-refractivity contribution is 7.99. The molecular formula is C13H14FN5O3S2. The second-order valence-corrected chi connectivity index (χ2v) is 8.48. The van der Waals surface area contributed by atoms with Gasteiger partial charge in [-0.1, -0.05) is 17.8 Å². The highest BCUT2D eigenvalue weighted by Gasteiger charge is 2.28. The van der Waals surface area contributed by atoms with E-state index in [0.29, 0.717) is 17.3 Å². The van der Waals surface area contributed by atoms with Crippen molar-refractivity contribution in [2.75, 3.05) is 17.3 Å². The Morgan fingerprint density at radius 1 is 1.46 bits per heavy atom. The number of halogens is 1. The number of nitrogens with one attached hydrogen (secondary N) is 1. The van der Waals surface area contributed by atoms with Gasteiger partial charge in [0, 0.05) is 6.04 Å². The number of nitrogens with zero attached hydrogens (tertiary/aromatic N) is 4. The maximum absolute atomic E-state index is 13.3. The lowest BCUT2D eigenvalue weighted by atomic mass is 10.3. The smallest absolute Gasteiger partial charge is 0.230 e. The van der Waals surface area contributed by atoms with Gasteiger partial charge in [0.1, 0.15) is 5.82 Å². The molecule has 0 unspecified atom stereocenters. The molecule has 3 rings (SSSR count). The van der Waals surface area contributed by atoms with Crippen LogP contribution in [-0.2, 0) is 14.6 Å². The third-order valence-electron chi connectivity index (χ3n) is 3.42. The Hall–Kier alpha value is -2.01. The van der Waals surface area contributed by atoms with Crippen molar-refractivity contribution in [2.24, 2.45) is 0 Å². The molecule has 2 aromatic rings. The molecule has 0 aliphatic carbocycles. The first-order chi connectivity index (χ1) is 11.4. The van der Waals surface area contributed by atoms with Crippen LogP contribution in [0.4, 0.5) is 4.39 Å². The quantitative estimate of drug-likeness (QED) is 0.748. The van der Waals surface area contributed by atoms with Crippen LogP contribution >= 0.6 is 11.8 Å². The van der Waals surface area contributed by atoms with Crippen molar-refractivity contribution in [3.8, 4) is 5.69 Å². The van der Waals surface area contributed by atoms with Crippen LogP contribution in [0.15, 0.2) is 29.4 Å². The van der Waals surface area contributed by atoms with Gasteiger partial charge in [-0.25, -0.2) is 12.8 Å². The van der Waals surface area contributed by atoms with E-state index in [9.17, 15) is 17.6 Å². The van der Waals surface area contributed by atoms with Gasteiger partial charge in [0.15, 0.2) is 9.84 Å². The SMILES string of the molecule is O=C(CSc1nnnn1-c1cccc(F)c1)N[C@H]1CCS(=O)(=O)C1. The zero-order valence-electron chi connectivity index (χ0n) is 12.4. The fraction of sp³-hybridized carbons (Fsp3) is 0.385. The molecule has 1 aromatic carbocycles. The third-order valence-corrected chi connectivity index (χ3v) is 6.11. The zero-order valence-corrected chi connectivity index (χ0v) is 14.1. The number of benzene rings is 1. The molecule has 0 saturated carbocycles. The third kappa shape index (κ3) is 4.09. The first-order valence-corrected chi connectivity index (χ1v) is 9.90. The minimum Gasteiger partial charge on any atom is -0.352 e. The summed E-state index contributed by atoms with van der Waals surface area (Å²) in [6.07, 6.45) is 0.430. The zero-order chi connectivity index (χ0) is 17.2. The summed E-state index contributed by atoms with van der Waals surface area (Å²) >= 11 is 1.09. The summed E-state index contributed by atoms with van der Waals surface area (Å²) in [6.45, 7) is 0. The summed E-state index contributed by atoms with van der Waals surface area (Å²) in [6, 6.07) is 5.43. The lowest BCUT2D eigenvalue weighted by Gasteiger charge is -2.10. The molecule has 1 aliphatic heterocycles. The molecule has 24 heavy (non-hydrogen) atoms. The number of tetrazole rings is 1. The summed E-state index contributed by atoms with van der Waals surface area (Å²) in [4.78, 5) is 11.9. The molecule has 1 amide bonds. The Morgan fingerprint density at radius 3 is 3.00 bits per heavy atom. The van der Waals surface area contributed by atoms with Gasteiger partial charge in [0.25, 0.3) is 0 Å². The van der Waals surface area contributed by atoms with Crippen molar-refractivity contribution in [3.63, 3.8) is 0 Å². The molecule has 1 saturated heterocycles. The van der Waals surface area contributed by atoms with Crippen molar-refractivity contribution >= 4 is 27.5 Å². The lowest BCUT2D eigenvalue weighted by molar-refractivity contribution is -0.119. The van der Waals surface area contributed by atoms with Crippen molar-refractivity contribution < 1.29 is 17.6 Å². The van der Waals surface area contributed by atoms with E-state index in [1.807, 2.05) is 0 Å². The standard InChI is InChI=1S/C13H14FN5O3S2/c14-9-2-1-3-11(6-9)19-13(16-17-18-19)23-7-12(20)15-10-4-5-24(21,22)8-10/h1-3,6,10H,4-5,7-8H2,(H,15,20)/t10-/m0/s1. The van der Waals surface area contributed by atoms with E-state index in [0.717, 1.165) is 11.8 Å². The van der Waals surface area contributed by atoms with Gasteiger partial charge in [0.05, 0.1) is 22.9 Å². The van der Waals surface area contributed by atoms with E-state index in [1.54, 1.807) is 6.07 Å². The summed E-state index contributed by atoms with van der Waals surface area (Å²) in [5, 5.41) is 14.2. The molecule has 1 fully saturated rings. The Bertz CT molecular complexity index is 855. The van der Waals surface area contributed by atoms with Crippen LogP contribution in [0.1, 0.15) is 6.42 Å². The van der Waals surface area contributed by atoms with Crippen LogP contribution in [0.25, 0.3) is 5.69 Å². The van der Waals surface area contributed by atoms with Crippen LogP contribution in [-0.4, -0.2) is 57.8 Å². The molecule has 0 bridgehead atoms. The molecule has 0 spiro atoms. The number of rotatable bonds is 5. The lowest BCUT2D eigenvalue weighted by Crippen LogP contribution is -2.36. The fourth-order valence-electron chi connectivity index (χ4n) is 2.35. The molecule has 0 radical (unpaired) electrons. The summed E-state index contributed by atoms with van der Waals surface area (Å²) < 4.78 is 37.4. The highest BCUT2D eigenvalue weighted by atomic mass is 32.2. The van der Waals surface area contributed by atoms with Crippen molar-refractivity contribution in [1.82, 2.24) is 25.5 Å². The summed E-state index contributed by atoms with van der Waals surface area (Å²) in [7, 11) is -3.04. The van der Waals surface area contributed by atoms with Crippen LogP contribution < -0.4 is 5.32 Å². The highest BCUT2D eigenvalue weighted by Crippen LogP contribution is 2.19. The van der Waals surface area contributed by atoms with Crippen molar-refractivity contribution in [2.45, 2.75) is 17.6 Å². The van der Waals surface area contributed by atoms with Crippen molar-refractivity contribution in [3.05, 3.63) is 30.1 Å². The molecule has 2 heterocycles. The molecular weight excluding hydrogens is 357 g/mol.